The van der Waals surface area contributed by atoms with Gasteiger partial charge in [0.2, 0.25) is 5.78 Å². The largest absolute Gasteiger partial charge is 0.484 e. The van der Waals surface area contributed by atoms with Crippen molar-refractivity contribution in [1.82, 2.24) is 4.57 Å². The second-order valence-corrected chi connectivity index (χ2v) is 9.57. The first-order chi connectivity index (χ1) is 12.2. The summed E-state index contributed by atoms with van der Waals surface area (Å²) in [6.45, 7) is 3.54. The van der Waals surface area contributed by atoms with Crippen LogP contribution in [0.15, 0.2) is 24.3 Å². The van der Waals surface area contributed by atoms with Gasteiger partial charge in [-0.15, -0.1) is 0 Å². The number of sulfone groups is 1. The van der Waals surface area contributed by atoms with Crippen molar-refractivity contribution in [1.29, 1.82) is 0 Å². The number of nitrogens with zero attached hydrogens (tertiary/aromatic N) is 1. The van der Waals surface area contributed by atoms with Gasteiger partial charge >= 0.3 is 0 Å². The third kappa shape index (κ3) is 3.92. The van der Waals surface area contributed by atoms with E-state index in [2.05, 4.69) is 0 Å². The minimum Gasteiger partial charge on any atom is -0.484 e. The van der Waals surface area contributed by atoms with Crippen molar-refractivity contribution in [2.45, 2.75) is 26.3 Å². The molecule has 5 nitrogen and oxygen atoms in total. The molecule has 8 heteroatoms. The predicted molar refractivity (Wildman–Crippen MR) is 103 cm³/mol. The van der Waals surface area contributed by atoms with E-state index in [1.807, 2.05) is 18.4 Å². The fraction of sp³-hybridized carbons (Fsp3) is 0.389. The van der Waals surface area contributed by atoms with E-state index in [1.54, 1.807) is 24.3 Å². The number of ether oxygens (including phenoxy) is 1. The highest BCUT2D eigenvalue weighted by molar-refractivity contribution is 7.91. The molecule has 0 bridgehead atoms. The summed E-state index contributed by atoms with van der Waals surface area (Å²) in [7, 11) is -3.00. The lowest BCUT2D eigenvalue weighted by Gasteiger charge is -2.16. The molecule has 1 atom stereocenters. The Hall–Kier alpha value is -1.50. The van der Waals surface area contributed by atoms with Crippen LogP contribution in [-0.4, -0.2) is 36.9 Å². The molecule has 0 unspecified atom stereocenters. The fourth-order valence-corrected chi connectivity index (χ4v) is 5.44. The molecule has 0 aliphatic carbocycles. The molecule has 1 aliphatic heterocycles. The van der Waals surface area contributed by atoms with Crippen LogP contribution in [0.3, 0.4) is 0 Å². The van der Waals surface area contributed by atoms with Gasteiger partial charge in [-0.25, -0.2) is 8.42 Å². The van der Waals surface area contributed by atoms with E-state index in [-0.39, 0.29) is 29.9 Å². The SMILES string of the molecule is Cc1cc(C(=O)COc2cc(Cl)ccc2Cl)c(C)n1[C@@H]1CCS(=O)(=O)C1. The van der Waals surface area contributed by atoms with E-state index in [9.17, 15) is 13.2 Å². The second kappa shape index (κ2) is 7.25. The lowest BCUT2D eigenvalue weighted by molar-refractivity contribution is 0.0921. The van der Waals surface area contributed by atoms with Crippen molar-refractivity contribution in [2.24, 2.45) is 0 Å². The topological polar surface area (TPSA) is 65.4 Å². The number of halogens is 2. The summed E-state index contributed by atoms with van der Waals surface area (Å²) in [4.78, 5) is 12.6. The van der Waals surface area contributed by atoms with Crippen molar-refractivity contribution >= 4 is 38.8 Å². The van der Waals surface area contributed by atoms with Crippen LogP contribution in [-0.2, 0) is 9.84 Å². The zero-order valence-corrected chi connectivity index (χ0v) is 16.8. The molecule has 0 spiro atoms. The van der Waals surface area contributed by atoms with E-state index in [1.165, 1.54) is 0 Å². The van der Waals surface area contributed by atoms with Gasteiger partial charge in [-0.1, -0.05) is 23.2 Å². The van der Waals surface area contributed by atoms with Crippen LogP contribution in [0.2, 0.25) is 10.0 Å². The monoisotopic (exact) mass is 415 g/mol. The Morgan fingerprint density at radius 2 is 2.00 bits per heavy atom. The molecule has 2 heterocycles. The minimum atomic E-state index is -3.00. The summed E-state index contributed by atoms with van der Waals surface area (Å²) >= 11 is 12.0. The number of benzene rings is 1. The fourth-order valence-electron chi connectivity index (χ4n) is 3.41. The average Bonchev–Trinajstić information content (AvgIpc) is 3.06. The smallest absolute Gasteiger partial charge is 0.202 e. The van der Waals surface area contributed by atoms with Gasteiger partial charge in [-0.05, 0) is 38.5 Å². The number of Topliss-reactive ketones (excluding diaryl/α,β-unsaturated/α-hetero) is 1. The van der Waals surface area contributed by atoms with Gasteiger partial charge in [-0.2, -0.15) is 0 Å². The van der Waals surface area contributed by atoms with Gasteiger partial charge in [0.15, 0.2) is 16.4 Å². The molecule has 0 amide bonds. The molecular formula is C18H19Cl2NO4S. The quantitative estimate of drug-likeness (QED) is 0.691. The van der Waals surface area contributed by atoms with Crippen molar-refractivity contribution in [3.8, 4) is 5.75 Å². The number of hydrogen-bond acceptors (Lipinski definition) is 4. The van der Waals surface area contributed by atoms with E-state index in [0.29, 0.717) is 27.8 Å². The second-order valence-electron chi connectivity index (χ2n) is 6.50. The summed E-state index contributed by atoms with van der Waals surface area (Å²) in [5.74, 6) is 0.462. The highest BCUT2D eigenvalue weighted by Gasteiger charge is 2.31. The Morgan fingerprint density at radius 1 is 1.27 bits per heavy atom. The van der Waals surface area contributed by atoms with Crippen LogP contribution in [0.1, 0.15) is 34.2 Å². The lowest BCUT2D eigenvalue weighted by Crippen LogP contribution is -2.16. The summed E-state index contributed by atoms with van der Waals surface area (Å²) < 4.78 is 31.0. The Balaban J connectivity index is 1.78. The Bertz CT molecular complexity index is 966. The minimum absolute atomic E-state index is 0.117. The van der Waals surface area contributed by atoms with Crippen molar-refractivity contribution in [3.63, 3.8) is 0 Å². The predicted octanol–water partition coefficient (Wildman–Crippen LogP) is 4.03. The number of rotatable bonds is 5. The first kappa shape index (κ1) is 19.3. The third-order valence-corrected chi connectivity index (χ3v) is 6.91. The first-order valence-corrected chi connectivity index (χ1v) is 10.8. The van der Waals surface area contributed by atoms with E-state index in [4.69, 9.17) is 27.9 Å². The zero-order chi connectivity index (χ0) is 19.1. The van der Waals surface area contributed by atoms with Crippen LogP contribution in [0, 0.1) is 13.8 Å². The number of aryl methyl sites for hydroxylation is 1. The van der Waals surface area contributed by atoms with Crippen molar-refractivity contribution in [3.05, 3.63) is 51.3 Å². The molecule has 140 valence electrons. The van der Waals surface area contributed by atoms with Gasteiger partial charge in [0.1, 0.15) is 5.75 Å². The average molecular weight is 416 g/mol. The Labute approximate surface area is 162 Å². The van der Waals surface area contributed by atoms with Gasteiger partial charge in [0, 0.05) is 34.1 Å². The zero-order valence-electron chi connectivity index (χ0n) is 14.5. The number of hydrogen-bond donors (Lipinski definition) is 0. The molecule has 0 saturated carbocycles. The van der Waals surface area contributed by atoms with Crippen LogP contribution >= 0.6 is 23.2 Å². The summed E-state index contributed by atoms with van der Waals surface area (Å²) in [5, 5.41) is 0.848. The van der Waals surface area contributed by atoms with Gasteiger partial charge in [0.05, 0.1) is 16.5 Å². The molecule has 1 fully saturated rings. The third-order valence-electron chi connectivity index (χ3n) is 4.61. The van der Waals surface area contributed by atoms with Crippen LogP contribution < -0.4 is 4.74 Å². The van der Waals surface area contributed by atoms with Gasteiger partial charge in [0.25, 0.3) is 0 Å². The van der Waals surface area contributed by atoms with Crippen molar-refractivity contribution < 1.29 is 17.9 Å². The maximum atomic E-state index is 12.6. The number of ketones is 1. The van der Waals surface area contributed by atoms with Crippen LogP contribution in [0.25, 0.3) is 0 Å². The Kier molecular flexibility index (Phi) is 5.37. The maximum absolute atomic E-state index is 12.6. The molecule has 0 N–H and O–H groups in total. The molecule has 1 aromatic carbocycles. The highest BCUT2D eigenvalue weighted by atomic mass is 35.5. The van der Waals surface area contributed by atoms with Crippen LogP contribution in [0.5, 0.6) is 5.75 Å². The summed E-state index contributed by atoms with van der Waals surface area (Å²) in [5.41, 5.74) is 2.16. The van der Waals surface area contributed by atoms with E-state index in [0.717, 1.165) is 11.4 Å². The molecule has 0 radical (unpaired) electrons. The van der Waals surface area contributed by atoms with E-state index >= 15 is 0 Å². The molecule has 1 saturated heterocycles. The van der Waals surface area contributed by atoms with Crippen LogP contribution in [0.4, 0.5) is 0 Å². The molecule has 1 aromatic heterocycles. The number of carbonyl (C=O) groups is 1. The molecule has 2 aromatic rings. The molecule has 26 heavy (non-hydrogen) atoms. The Morgan fingerprint density at radius 3 is 2.65 bits per heavy atom. The van der Waals surface area contributed by atoms with E-state index < -0.39 is 9.84 Å². The summed E-state index contributed by atoms with van der Waals surface area (Å²) in [6, 6.07) is 6.47. The molecule has 1 aliphatic rings. The van der Waals surface area contributed by atoms with Gasteiger partial charge in [-0.3, -0.25) is 4.79 Å². The number of carbonyl (C=O) groups excluding carboxylic acids is 1. The molecule has 3 rings (SSSR count). The van der Waals surface area contributed by atoms with Crippen molar-refractivity contribution in [2.75, 3.05) is 18.1 Å². The normalized spacial score (nSPS) is 18.8. The lowest BCUT2D eigenvalue weighted by atomic mass is 10.1. The highest BCUT2D eigenvalue weighted by Crippen LogP contribution is 2.30. The number of aromatic nitrogens is 1. The maximum Gasteiger partial charge on any atom is 0.202 e. The summed E-state index contributed by atoms with van der Waals surface area (Å²) in [6.07, 6.45) is 0.570. The molecular weight excluding hydrogens is 397 g/mol. The van der Waals surface area contributed by atoms with Gasteiger partial charge < -0.3 is 9.30 Å². The first-order valence-electron chi connectivity index (χ1n) is 8.18. The standard InChI is InChI=1S/C18H19Cl2NO4S/c1-11-7-15(12(2)21(11)14-5-6-26(23,24)10-14)17(22)9-25-18-8-13(19)3-4-16(18)20/h3-4,7-8,14H,5-6,9-10H2,1-2H3/t14-/m1/s1.